The molecule has 0 saturated carbocycles. The molecule has 1 saturated heterocycles. The van der Waals surface area contributed by atoms with Gasteiger partial charge in [-0.15, -0.1) is 0 Å². The van der Waals surface area contributed by atoms with E-state index in [1.54, 1.807) is 24.5 Å². The lowest BCUT2D eigenvalue weighted by Gasteiger charge is -2.30. The zero-order valence-corrected chi connectivity index (χ0v) is 16.4. The first-order valence-corrected chi connectivity index (χ1v) is 9.60. The molecule has 0 aliphatic carbocycles. The Morgan fingerprint density at radius 3 is 2.73 bits per heavy atom. The highest BCUT2D eigenvalue weighted by Gasteiger charge is 2.16. The van der Waals surface area contributed by atoms with E-state index in [2.05, 4.69) is 31.2 Å². The zero-order chi connectivity index (χ0) is 20.9. The van der Waals surface area contributed by atoms with Crippen molar-refractivity contribution in [2.45, 2.75) is 6.61 Å². The minimum atomic E-state index is 0.193. The smallest absolute Gasteiger partial charge is 0.258 e. The van der Waals surface area contributed by atoms with E-state index in [0.29, 0.717) is 17.1 Å². The Bertz CT molecular complexity index is 1090. The number of nitrogens with one attached hydrogen (secondary N) is 1. The summed E-state index contributed by atoms with van der Waals surface area (Å²) in [6.45, 7) is 3.78. The first-order valence-electron chi connectivity index (χ1n) is 9.60. The number of nitriles is 1. The van der Waals surface area contributed by atoms with Crippen molar-refractivity contribution in [2.24, 2.45) is 0 Å². The van der Waals surface area contributed by atoms with E-state index in [1.165, 1.54) is 0 Å². The molecule has 1 fully saturated rings. The van der Waals surface area contributed by atoms with Gasteiger partial charge in [-0.1, -0.05) is 6.07 Å². The summed E-state index contributed by atoms with van der Waals surface area (Å²) in [7, 11) is 0. The van der Waals surface area contributed by atoms with E-state index >= 15 is 0 Å². The summed E-state index contributed by atoms with van der Waals surface area (Å²) in [5, 5.41) is 13.0. The molecular formula is C21H22N8O. The second-order valence-corrected chi connectivity index (χ2v) is 6.90. The molecule has 0 amide bonds. The average Bonchev–Trinajstić information content (AvgIpc) is 2.79. The van der Waals surface area contributed by atoms with Gasteiger partial charge in [-0.3, -0.25) is 0 Å². The third kappa shape index (κ3) is 4.24. The van der Waals surface area contributed by atoms with Crippen LogP contribution < -0.4 is 26.4 Å². The van der Waals surface area contributed by atoms with Gasteiger partial charge in [0.25, 0.3) is 5.88 Å². The fourth-order valence-corrected chi connectivity index (χ4v) is 3.33. The van der Waals surface area contributed by atoms with Crippen molar-refractivity contribution in [3.8, 4) is 23.2 Å². The number of nitrogens with zero attached hydrogens (tertiary/aromatic N) is 5. The molecule has 0 bridgehead atoms. The molecule has 0 unspecified atom stereocenters. The van der Waals surface area contributed by atoms with Crippen molar-refractivity contribution in [1.29, 1.82) is 5.26 Å². The third-order valence-corrected chi connectivity index (χ3v) is 4.86. The Morgan fingerprint density at radius 1 is 1.13 bits per heavy atom. The molecule has 0 spiro atoms. The summed E-state index contributed by atoms with van der Waals surface area (Å²) in [5.41, 5.74) is 15.4. The molecule has 30 heavy (non-hydrogen) atoms. The first kappa shape index (κ1) is 19.4. The van der Waals surface area contributed by atoms with Crippen molar-refractivity contribution in [3.05, 3.63) is 53.9 Å². The van der Waals surface area contributed by atoms with Gasteiger partial charge in [0.1, 0.15) is 18.5 Å². The van der Waals surface area contributed by atoms with Crippen LogP contribution in [0.5, 0.6) is 5.88 Å². The number of aromatic nitrogens is 3. The molecule has 5 N–H and O–H groups in total. The Morgan fingerprint density at radius 2 is 1.97 bits per heavy atom. The molecule has 1 aromatic carbocycles. The molecule has 152 valence electrons. The number of benzene rings is 1. The van der Waals surface area contributed by atoms with E-state index in [-0.39, 0.29) is 18.3 Å². The SMILES string of the molecule is N#Cc1cc(-c2cnc(N)c(OCc3ccnc(N)c3)n2)ccc1N1CCNCC1. The van der Waals surface area contributed by atoms with Gasteiger partial charge in [-0.2, -0.15) is 5.26 Å². The van der Waals surface area contributed by atoms with Gasteiger partial charge in [-0.05, 0) is 29.8 Å². The number of pyridine rings is 1. The van der Waals surface area contributed by atoms with Crippen LogP contribution in [0.3, 0.4) is 0 Å². The number of hydrogen-bond donors (Lipinski definition) is 3. The second kappa shape index (κ2) is 8.63. The van der Waals surface area contributed by atoms with Gasteiger partial charge in [0.2, 0.25) is 0 Å². The highest BCUT2D eigenvalue weighted by atomic mass is 16.5. The fourth-order valence-electron chi connectivity index (χ4n) is 3.33. The molecule has 9 nitrogen and oxygen atoms in total. The van der Waals surface area contributed by atoms with Crippen LogP contribution in [0.4, 0.5) is 17.3 Å². The van der Waals surface area contributed by atoms with Crippen molar-refractivity contribution in [1.82, 2.24) is 20.3 Å². The van der Waals surface area contributed by atoms with Crippen LogP contribution in [0.2, 0.25) is 0 Å². The monoisotopic (exact) mass is 402 g/mol. The Hall–Kier alpha value is -3.90. The largest absolute Gasteiger partial charge is 0.470 e. The van der Waals surface area contributed by atoms with Crippen LogP contribution in [-0.2, 0) is 6.61 Å². The van der Waals surface area contributed by atoms with Gasteiger partial charge in [0, 0.05) is 37.9 Å². The molecule has 9 heteroatoms. The van der Waals surface area contributed by atoms with Crippen LogP contribution >= 0.6 is 0 Å². The highest BCUT2D eigenvalue weighted by molar-refractivity contribution is 5.70. The van der Waals surface area contributed by atoms with Gasteiger partial charge < -0.3 is 26.4 Å². The predicted molar refractivity (Wildman–Crippen MR) is 115 cm³/mol. The van der Waals surface area contributed by atoms with Crippen molar-refractivity contribution >= 4 is 17.3 Å². The van der Waals surface area contributed by atoms with E-state index in [1.807, 2.05) is 18.2 Å². The van der Waals surface area contributed by atoms with Gasteiger partial charge in [0.15, 0.2) is 5.82 Å². The summed E-state index contributed by atoms with van der Waals surface area (Å²) in [6, 6.07) is 11.5. The molecule has 1 aliphatic heterocycles. The van der Waals surface area contributed by atoms with E-state index in [9.17, 15) is 5.26 Å². The number of nitrogens with two attached hydrogens (primary N) is 2. The Kier molecular flexibility index (Phi) is 5.59. The average molecular weight is 402 g/mol. The van der Waals surface area contributed by atoms with Crippen molar-refractivity contribution in [2.75, 3.05) is 42.5 Å². The molecule has 1 aliphatic rings. The summed E-state index contributed by atoms with van der Waals surface area (Å²) in [4.78, 5) is 14.9. The summed E-state index contributed by atoms with van der Waals surface area (Å²) in [5.74, 6) is 0.837. The number of anilines is 3. The molecule has 3 aromatic rings. The van der Waals surface area contributed by atoms with Crippen molar-refractivity contribution < 1.29 is 4.74 Å². The molecule has 4 rings (SSSR count). The third-order valence-electron chi connectivity index (χ3n) is 4.86. The number of rotatable bonds is 5. The fraction of sp³-hybridized carbons (Fsp3) is 0.238. The standard InChI is InChI=1S/C21H22N8O/c22-11-16-10-15(1-2-18(16)29-7-5-25-6-8-29)17-12-27-20(24)21(28-17)30-13-14-3-4-26-19(23)9-14/h1-4,9-10,12,25H,5-8,13H2,(H2,23,26)(H2,24,27). The summed E-state index contributed by atoms with van der Waals surface area (Å²) < 4.78 is 5.75. The maximum absolute atomic E-state index is 9.66. The Balaban J connectivity index is 1.58. The van der Waals surface area contributed by atoms with Crippen molar-refractivity contribution in [3.63, 3.8) is 0 Å². The maximum Gasteiger partial charge on any atom is 0.258 e. The quantitative estimate of drug-likeness (QED) is 0.580. The molecule has 0 radical (unpaired) electrons. The Labute approximate surface area is 174 Å². The lowest BCUT2D eigenvalue weighted by Crippen LogP contribution is -2.43. The van der Waals surface area contributed by atoms with E-state index in [0.717, 1.165) is 43.0 Å². The van der Waals surface area contributed by atoms with Crippen LogP contribution in [0.15, 0.2) is 42.7 Å². The zero-order valence-electron chi connectivity index (χ0n) is 16.4. The van der Waals surface area contributed by atoms with Crippen LogP contribution in [0.1, 0.15) is 11.1 Å². The van der Waals surface area contributed by atoms with Gasteiger partial charge >= 0.3 is 0 Å². The van der Waals surface area contributed by atoms with E-state index < -0.39 is 0 Å². The van der Waals surface area contributed by atoms with Gasteiger partial charge in [0.05, 0.1) is 23.1 Å². The summed E-state index contributed by atoms with van der Waals surface area (Å²) >= 11 is 0. The number of piperazine rings is 1. The molecular weight excluding hydrogens is 380 g/mol. The molecule has 0 atom stereocenters. The highest BCUT2D eigenvalue weighted by Crippen LogP contribution is 2.28. The van der Waals surface area contributed by atoms with E-state index in [4.69, 9.17) is 16.2 Å². The topological polar surface area (TPSA) is 139 Å². The van der Waals surface area contributed by atoms with Gasteiger partial charge in [-0.25, -0.2) is 15.0 Å². The van der Waals surface area contributed by atoms with Crippen LogP contribution in [0, 0.1) is 11.3 Å². The number of ether oxygens (including phenoxy) is 1. The minimum absolute atomic E-state index is 0.193. The first-order chi connectivity index (χ1) is 14.6. The second-order valence-electron chi connectivity index (χ2n) is 6.90. The summed E-state index contributed by atoms with van der Waals surface area (Å²) in [6.07, 6.45) is 3.19. The lowest BCUT2D eigenvalue weighted by atomic mass is 10.1. The normalized spacial score (nSPS) is 13.6. The maximum atomic E-state index is 9.66. The lowest BCUT2D eigenvalue weighted by molar-refractivity contribution is 0.295. The molecule has 3 heterocycles. The predicted octanol–water partition coefficient (Wildman–Crippen LogP) is 1.56. The van der Waals surface area contributed by atoms with Crippen LogP contribution in [0.25, 0.3) is 11.3 Å². The van der Waals surface area contributed by atoms with Crippen LogP contribution in [-0.4, -0.2) is 41.1 Å². The number of hydrogen-bond acceptors (Lipinski definition) is 9. The number of nitrogen functional groups attached to an aromatic ring is 2. The minimum Gasteiger partial charge on any atom is -0.470 e. The molecule has 2 aromatic heterocycles.